The standard InChI is InChI=1S/C15H21ClN2O2S/c1-15(2,3)20-14(19)18-7-6-12(9-18)21-10-11-4-5-13(16)17-8-11/h4-5,8,12H,6-7,9-10H2,1-3H3. The van der Waals surface area contributed by atoms with E-state index >= 15 is 0 Å². The minimum Gasteiger partial charge on any atom is -0.444 e. The second-order valence-electron chi connectivity index (χ2n) is 6.14. The van der Waals surface area contributed by atoms with Gasteiger partial charge in [0.1, 0.15) is 10.8 Å². The van der Waals surface area contributed by atoms with E-state index in [4.69, 9.17) is 16.3 Å². The molecule has 1 atom stereocenters. The van der Waals surface area contributed by atoms with E-state index in [-0.39, 0.29) is 6.09 Å². The van der Waals surface area contributed by atoms with E-state index in [2.05, 4.69) is 4.98 Å². The zero-order valence-corrected chi connectivity index (χ0v) is 14.2. The molecule has 1 unspecified atom stereocenters. The van der Waals surface area contributed by atoms with Crippen LogP contribution in [0.4, 0.5) is 4.79 Å². The fourth-order valence-corrected chi connectivity index (χ4v) is 3.33. The van der Waals surface area contributed by atoms with Crippen molar-refractivity contribution in [2.45, 2.75) is 43.8 Å². The van der Waals surface area contributed by atoms with E-state index in [1.165, 1.54) is 0 Å². The number of pyridine rings is 1. The van der Waals surface area contributed by atoms with Gasteiger partial charge in [-0.25, -0.2) is 9.78 Å². The van der Waals surface area contributed by atoms with E-state index in [0.717, 1.165) is 30.8 Å². The number of thioether (sulfide) groups is 1. The first-order chi connectivity index (χ1) is 9.83. The summed E-state index contributed by atoms with van der Waals surface area (Å²) in [6, 6.07) is 3.79. The highest BCUT2D eigenvalue weighted by Crippen LogP contribution is 2.27. The van der Waals surface area contributed by atoms with Gasteiger partial charge in [-0.05, 0) is 38.8 Å². The van der Waals surface area contributed by atoms with Crippen LogP contribution < -0.4 is 0 Å². The smallest absolute Gasteiger partial charge is 0.410 e. The van der Waals surface area contributed by atoms with Crippen molar-refractivity contribution >= 4 is 29.5 Å². The highest BCUT2D eigenvalue weighted by Gasteiger charge is 2.29. The maximum atomic E-state index is 12.0. The molecular weight excluding hydrogens is 308 g/mol. The van der Waals surface area contributed by atoms with Crippen molar-refractivity contribution in [3.63, 3.8) is 0 Å². The maximum absolute atomic E-state index is 12.0. The Morgan fingerprint density at radius 2 is 2.29 bits per heavy atom. The van der Waals surface area contributed by atoms with Crippen LogP contribution in [-0.4, -0.2) is 39.9 Å². The van der Waals surface area contributed by atoms with E-state index in [0.29, 0.717) is 10.4 Å². The van der Waals surface area contributed by atoms with Gasteiger partial charge in [-0.3, -0.25) is 0 Å². The van der Waals surface area contributed by atoms with E-state index in [1.807, 2.05) is 38.6 Å². The van der Waals surface area contributed by atoms with Crippen LogP contribution in [0.5, 0.6) is 0 Å². The zero-order valence-electron chi connectivity index (χ0n) is 12.6. The lowest BCUT2D eigenvalue weighted by Gasteiger charge is -2.24. The lowest BCUT2D eigenvalue weighted by molar-refractivity contribution is 0.0295. The predicted molar refractivity (Wildman–Crippen MR) is 86.8 cm³/mol. The Bertz CT molecular complexity index is 487. The number of aromatic nitrogens is 1. The number of amides is 1. The highest BCUT2D eigenvalue weighted by atomic mass is 35.5. The van der Waals surface area contributed by atoms with Crippen LogP contribution in [0.2, 0.25) is 5.15 Å². The number of hydrogen-bond acceptors (Lipinski definition) is 4. The number of hydrogen-bond donors (Lipinski definition) is 0. The van der Waals surface area contributed by atoms with Gasteiger partial charge in [-0.15, -0.1) is 0 Å². The van der Waals surface area contributed by atoms with E-state index in [1.54, 1.807) is 17.2 Å². The average Bonchev–Trinajstić information content (AvgIpc) is 2.85. The largest absolute Gasteiger partial charge is 0.444 e. The molecule has 0 N–H and O–H groups in total. The molecule has 0 saturated carbocycles. The predicted octanol–water partition coefficient (Wildman–Crippen LogP) is 3.98. The minimum absolute atomic E-state index is 0.209. The van der Waals surface area contributed by atoms with E-state index < -0.39 is 5.60 Å². The SMILES string of the molecule is CC(C)(C)OC(=O)N1CCC(SCc2ccc(Cl)nc2)C1. The first-order valence-corrected chi connectivity index (χ1v) is 8.46. The number of carbonyl (C=O) groups excluding carboxylic acids is 1. The number of carbonyl (C=O) groups is 1. The molecule has 0 bridgehead atoms. The van der Waals surface area contributed by atoms with Gasteiger partial charge in [0.25, 0.3) is 0 Å². The van der Waals surface area contributed by atoms with Crippen LogP contribution in [0, 0.1) is 0 Å². The summed E-state index contributed by atoms with van der Waals surface area (Å²) < 4.78 is 5.40. The van der Waals surface area contributed by atoms with Crippen molar-refractivity contribution in [3.8, 4) is 0 Å². The van der Waals surface area contributed by atoms with Gasteiger partial charge < -0.3 is 9.64 Å². The van der Waals surface area contributed by atoms with Crippen LogP contribution in [-0.2, 0) is 10.5 Å². The normalized spacial score (nSPS) is 18.9. The molecule has 0 spiro atoms. The van der Waals surface area contributed by atoms with Gasteiger partial charge in [-0.1, -0.05) is 17.7 Å². The maximum Gasteiger partial charge on any atom is 0.410 e. The highest BCUT2D eigenvalue weighted by molar-refractivity contribution is 7.99. The van der Waals surface area contributed by atoms with Crippen LogP contribution in [0.15, 0.2) is 18.3 Å². The van der Waals surface area contributed by atoms with Crippen molar-refractivity contribution in [1.82, 2.24) is 9.88 Å². The molecule has 1 amide bonds. The Balaban J connectivity index is 1.77. The molecule has 2 heterocycles. The fourth-order valence-electron chi connectivity index (χ4n) is 2.06. The summed E-state index contributed by atoms with van der Waals surface area (Å²) >= 11 is 7.62. The third kappa shape index (κ3) is 5.40. The Morgan fingerprint density at radius 1 is 1.52 bits per heavy atom. The lowest BCUT2D eigenvalue weighted by Crippen LogP contribution is -2.35. The molecule has 6 heteroatoms. The van der Waals surface area contributed by atoms with Gasteiger partial charge in [0.05, 0.1) is 0 Å². The molecular formula is C15H21ClN2O2S. The zero-order chi connectivity index (χ0) is 15.5. The third-order valence-corrected chi connectivity index (χ3v) is 4.65. The summed E-state index contributed by atoms with van der Waals surface area (Å²) in [5.74, 6) is 0.886. The Morgan fingerprint density at radius 3 is 2.90 bits per heavy atom. The summed E-state index contributed by atoms with van der Waals surface area (Å²) in [4.78, 5) is 17.9. The second kappa shape index (κ2) is 6.88. The summed E-state index contributed by atoms with van der Waals surface area (Å²) in [6.45, 7) is 7.19. The van der Waals surface area contributed by atoms with Gasteiger partial charge in [-0.2, -0.15) is 11.8 Å². The number of nitrogens with zero attached hydrogens (tertiary/aromatic N) is 2. The van der Waals surface area contributed by atoms with Crippen molar-refractivity contribution in [2.75, 3.05) is 13.1 Å². The number of ether oxygens (including phenoxy) is 1. The molecule has 1 fully saturated rings. The van der Waals surface area contributed by atoms with Crippen LogP contribution >= 0.6 is 23.4 Å². The number of rotatable bonds is 3. The van der Waals surface area contributed by atoms with Crippen molar-refractivity contribution < 1.29 is 9.53 Å². The topological polar surface area (TPSA) is 42.4 Å². The van der Waals surface area contributed by atoms with Crippen molar-refractivity contribution in [3.05, 3.63) is 29.0 Å². The molecule has 1 aliphatic heterocycles. The van der Waals surface area contributed by atoms with Crippen LogP contribution in [0.1, 0.15) is 32.8 Å². The molecule has 0 radical (unpaired) electrons. The molecule has 21 heavy (non-hydrogen) atoms. The molecule has 1 aromatic heterocycles. The van der Waals surface area contributed by atoms with E-state index in [9.17, 15) is 4.79 Å². The average molecular weight is 329 g/mol. The first-order valence-electron chi connectivity index (χ1n) is 7.03. The lowest BCUT2D eigenvalue weighted by atomic mass is 10.2. The fraction of sp³-hybridized carbons (Fsp3) is 0.600. The Hall–Kier alpha value is -0.940. The molecule has 4 nitrogen and oxygen atoms in total. The molecule has 1 aliphatic rings. The minimum atomic E-state index is -0.433. The molecule has 0 aromatic carbocycles. The first kappa shape index (κ1) is 16.4. The number of halogens is 1. The van der Waals surface area contributed by atoms with Crippen molar-refractivity contribution in [2.24, 2.45) is 0 Å². The second-order valence-corrected chi connectivity index (χ2v) is 7.81. The monoisotopic (exact) mass is 328 g/mol. The van der Waals surface area contributed by atoms with Crippen molar-refractivity contribution in [1.29, 1.82) is 0 Å². The summed E-state index contributed by atoms with van der Waals surface area (Å²) in [5, 5.41) is 0.967. The van der Waals surface area contributed by atoms with Gasteiger partial charge in [0.2, 0.25) is 0 Å². The van der Waals surface area contributed by atoms with Crippen LogP contribution in [0.25, 0.3) is 0 Å². The molecule has 0 aliphatic carbocycles. The third-order valence-electron chi connectivity index (χ3n) is 3.07. The Kier molecular flexibility index (Phi) is 5.38. The summed E-state index contributed by atoms with van der Waals surface area (Å²) in [6.07, 6.45) is 2.60. The van der Waals surface area contributed by atoms with Gasteiger partial charge in [0, 0.05) is 30.3 Å². The van der Waals surface area contributed by atoms with Gasteiger partial charge in [0.15, 0.2) is 0 Å². The molecule has 116 valence electrons. The quantitative estimate of drug-likeness (QED) is 0.787. The van der Waals surface area contributed by atoms with Crippen LogP contribution in [0.3, 0.4) is 0 Å². The molecule has 1 aromatic rings. The molecule has 2 rings (SSSR count). The van der Waals surface area contributed by atoms with Gasteiger partial charge >= 0.3 is 6.09 Å². The summed E-state index contributed by atoms with van der Waals surface area (Å²) in [5.41, 5.74) is 0.720. The molecule has 1 saturated heterocycles. The number of likely N-dealkylation sites (tertiary alicyclic amines) is 1. The summed E-state index contributed by atoms with van der Waals surface area (Å²) in [7, 11) is 0. The Labute approximate surface area is 135 Å².